The molecule has 1 atom stereocenters. The van der Waals surface area contributed by atoms with Gasteiger partial charge in [-0.05, 0) is 25.7 Å². The number of aliphatic hydroxyl groups is 5. The van der Waals surface area contributed by atoms with Crippen molar-refractivity contribution in [2.75, 3.05) is 40.6 Å². The number of hydrogen-bond acceptors (Lipinski definition) is 6. The Hall–Kier alpha value is -0.240. The van der Waals surface area contributed by atoms with Gasteiger partial charge in [0.25, 0.3) is 0 Å². The van der Waals surface area contributed by atoms with E-state index in [4.69, 9.17) is 30.3 Å². The highest BCUT2D eigenvalue weighted by atomic mass is 16.5. The molecular formula is C15H40O6. The van der Waals surface area contributed by atoms with Gasteiger partial charge in [-0.25, -0.2) is 0 Å². The van der Waals surface area contributed by atoms with E-state index in [1.807, 2.05) is 27.7 Å². The molecule has 0 aliphatic carbocycles. The van der Waals surface area contributed by atoms with Crippen molar-refractivity contribution < 1.29 is 30.3 Å². The molecule has 0 aliphatic heterocycles. The lowest BCUT2D eigenvalue weighted by atomic mass is 10.2. The summed E-state index contributed by atoms with van der Waals surface area (Å²) < 4.78 is 4.80. The van der Waals surface area contributed by atoms with E-state index in [9.17, 15) is 0 Å². The highest BCUT2D eigenvalue weighted by Crippen LogP contribution is 1.91. The fourth-order valence-electron chi connectivity index (χ4n) is 0.370. The fraction of sp³-hybridized carbons (Fsp3) is 1.00. The van der Waals surface area contributed by atoms with Crippen LogP contribution < -0.4 is 0 Å². The van der Waals surface area contributed by atoms with Crippen LogP contribution in [0, 0.1) is 5.92 Å². The van der Waals surface area contributed by atoms with Gasteiger partial charge >= 0.3 is 0 Å². The lowest BCUT2D eigenvalue weighted by molar-refractivity contribution is 0.0467. The third kappa shape index (κ3) is 81.2. The minimum Gasteiger partial charge on any atom is -0.400 e. The Balaban J connectivity index is -0.0000000543. The Morgan fingerprint density at radius 1 is 0.857 bits per heavy atom. The number of ether oxygens (including phenoxy) is 1. The molecule has 6 heteroatoms. The molecule has 0 fully saturated rings. The first kappa shape index (κ1) is 32.6. The summed E-state index contributed by atoms with van der Waals surface area (Å²) in [6, 6.07) is 0. The summed E-state index contributed by atoms with van der Waals surface area (Å²) >= 11 is 0. The van der Waals surface area contributed by atoms with Gasteiger partial charge in [0, 0.05) is 34.0 Å². The molecule has 6 nitrogen and oxygen atoms in total. The molecule has 0 amide bonds. The van der Waals surface area contributed by atoms with Crippen LogP contribution in [0.4, 0.5) is 0 Å². The first-order valence-electron chi connectivity index (χ1n) is 7.36. The Morgan fingerprint density at radius 3 is 1.14 bits per heavy atom. The van der Waals surface area contributed by atoms with Gasteiger partial charge in [0.1, 0.15) is 0 Å². The van der Waals surface area contributed by atoms with Gasteiger partial charge in [0.2, 0.25) is 0 Å². The van der Waals surface area contributed by atoms with E-state index in [2.05, 4.69) is 0 Å². The second-order valence-corrected chi connectivity index (χ2v) is 4.06. The minimum absolute atomic E-state index is 0.0417. The van der Waals surface area contributed by atoms with E-state index in [-0.39, 0.29) is 19.3 Å². The fourth-order valence-corrected chi connectivity index (χ4v) is 0.370. The first-order valence-corrected chi connectivity index (χ1v) is 7.36. The molecule has 0 bridgehead atoms. The maximum absolute atomic E-state index is 8.40. The zero-order valence-corrected chi connectivity index (χ0v) is 15.0. The summed E-state index contributed by atoms with van der Waals surface area (Å²) in [5.74, 6) is 0.440. The normalized spacial score (nSPS) is 9.57. The molecule has 0 rings (SSSR count). The van der Waals surface area contributed by atoms with Gasteiger partial charge in [0.15, 0.2) is 0 Å². The van der Waals surface area contributed by atoms with Gasteiger partial charge in [-0.15, -0.1) is 0 Å². The maximum Gasteiger partial charge on any atom is 0.0799 e. The van der Waals surface area contributed by atoms with Crippen molar-refractivity contribution in [2.24, 2.45) is 5.92 Å². The topological polar surface area (TPSA) is 110 Å². The summed E-state index contributed by atoms with van der Waals surface area (Å²) in [5, 5.41) is 39.0. The molecule has 21 heavy (non-hydrogen) atoms. The number of methoxy groups -OCH3 is 1. The lowest BCUT2D eigenvalue weighted by Crippen LogP contribution is -2.13. The van der Waals surface area contributed by atoms with Crippen LogP contribution in [0.5, 0.6) is 0 Å². The molecule has 0 spiro atoms. The quantitative estimate of drug-likeness (QED) is 0.518. The zero-order chi connectivity index (χ0) is 18.1. The van der Waals surface area contributed by atoms with E-state index < -0.39 is 0 Å². The highest BCUT2D eigenvalue weighted by molar-refractivity contribution is 4.47. The number of aliphatic hydroxyl groups excluding tert-OH is 5. The van der Waals surface area contributed by atoms with E-state index in [0.717, 1.165) is 20.0 Å². The third-order valence-electron chi connectivity index (χ3n) is 1.58. The predicted molar refractivity (Wildman–Crippen MR) is 88.4 cm³/mol. The molecule has 0 aromatic carbocycles. The van der Waals surface area contributed by atoms with Crippen LogP contribution in [0.1, 0.15) is 47.5 Å². The molecule has 0 saturated carbocycles. The molecule has 1 unspecified atom stereocenters. The summed E-state index contributed by atoms with van der Waals surface area (Å²) in [6.45, 7) is 10.5. The van der Waals surface area contributed by atoms with Crippen LogP contribution in [0.3, 0.4) is 0 Å². The molecule has 0 radical (unpaired) electrons. The third-order valence-corrected chi connectivity index (χ3v) is 1.58. The van der Waals surface area contributed by atoms with Gasteiger partial charge in [-0.3, -0.25) is 0 Å². The van der Waals surface area contributed by atoms with Crippen molar-refractivity contribution in [3.8, 4) is 0 Å². The largest absolute Gasteiger partial charge is 0.400 e. The SMILES string of the molecule is CC(C)CO.CCC(CO)OC.CCCO.CCO.CO. The Kier molecular flexibility index (Phi) is 66.4. The molecule has 5 N–H and O–H groups in total. The second-order valence-electron chi connectivity index (χ2n) is 4.06. The summed E-state index contributed by atoms with van der Waals surface area (Å²) in [7, 11) is 2.60. The lowest BCUT2D eigenvalue weighted by Gasteiger charge is -2.06. The molecule has 136 valence electrons. The Labute approximate surface area is 131 Å². The highest BCUT2D eigenvalue weighted by Gasteiger charge is 1.97. The van der Waals surface area contributed by atoms with E-state index in [1.54, 1.807) is 14.0 Å². The molecule has 0 aromatic rings. The number of rotatable bonds is 5. The van der Waals surface area contributed by atoms with Crippen LogP contribution in [0.25, 0.3) is 0 Å². The second kappa shape index (κ2) is 42.7. The Morgan fingerprint density at radius 2 is 1.14 bits per heavy atom. The van der Waals surface area contributed by atoms with Crippen molar-refractivity contribution in [2.45, 2.75) is 53.6 Å². The van der Waals surface area contributed by atoms with Crippen molar-refractivity contribution in [1.82, 2.24) is 0 Å². The van der Waals surface area contributed by atoms with E-state index in [1.165, 1.54) is 0 Å². The zero-order valence-electron chi connectivity index (χ0n) is 15.0. The minimum atomic E-state index is 0.0417. The average Bonchev–Trinajstić information content (AvgIpc) is 2.52. The van der Waals surface area contributed by atoms with Gasteiger partial charge in [0.05, 0.1) is 12.7 Å². The van der Waals surface area contributed by atoms with Crippen LogP contribution in [-0.4, -0.2) is 72.3 Å². The van der Waals surface area contributed by atoms with E-state index in [0.29, 0.717) is 19.1 Å². The average molecular weight is 316 g/mol. The van der Waals surface area contributed by atoms with E-state index >= 15 is 0 Å². The van der Waals surface area contributed by atoms with Crippen LogP contribution in [0.2, 0.25) is 0 Å². The van der Waals surface area contributed by atoms with Crippen molar-refractivity contribution in [3.05, 3.63) is 0 Å². The van der Waals surface area contributed by atoms with Crippen molar-refractivity contribution >= 4 is 0 Å². The molecule has 0 aliphatic rings. The molecule has 0 heterocycles. The first-order chi connectivity index (χ1) is 9.94. The molecular weight excluding hydrogens is 276 g/mol. The summed E-state index contributed by atoms with van der Waals surface area (Å²) in [6.07, 6.45) is 1.80. The maximum atomic E-state index is 8.40. The summed E-state index contributed by atoms with van der Waals surface area (Å²) in [5.41, 5.74) is 0. The van der Waals surface area contributed by atoms with Crippen molar-refractivity contribution in [1.29, 1.82) is 0 Å². The standard InChI is InChI=1S/C5H12O2.C4H10O.C3H8O.C2H6O.CH4O/c1-3-5(4-6)7-2;1-4(2)3-5;1-2-3-4;1-2-3;1-2/h5-6H,3-4H2,1-2H3;4-5H,3H2,1-2H3;4H,2-3H2,1H3;3H,2H2,1H3;2H,1H3. The predicted octanol–water partition coefficient (Wildman–Crippen LogP) is 1.03. The smallest absolute Gasteiger partial charge is 0.0799 e. The van der Waals surface area contributed by atoms with Crippen LogP contribution >= 0.6 is 0 Å². The molecule has 0 saturated heterocycles. The van der Waals surface area contributed by atoms with Gasteiger partial charge in [-0.1, -0.05) is 27.7 Å². The Bertz CT molecular complexity index is 101. The van der Waals surface area contributed by atoms with Crippen LogP contribution in [0.15, 0.2) is 0 Å². The van der Waals surface area contributed by atoms with Gasteiger partial charge < -0.3 is 30.3 Å². The monoisotopic (exact) mass is 316 g/mol. The van der Waals surface area contributed by atoms with Crippen LogP contribution in [-0.2, 0) is 4.74 Å². The van der Waals surface area contributed by atoms with Gasteiger partial charge in [-0.2, -0.15) is 0 Å². The van der Waals surface area contributed by atoms with Crippen molar-refractivity contribution in [3.63, 3.8) is 0 Å². The summed E-state index contributed by atoms with van der Waals surface area (Å²) in [4.78, 5) is 0. The number of hydrogen-bond donors (Lipinski definition) is 5. The molecule has 0 aromatic heterocycles.